The van der Waals surface area contributed by atoms with Crippen LogP contribution in [0.4, 0.5) is 5.69 Å². The van der Waals surface area contributed by atoms with Gasteiger partial charge in [0.05, 0.1) is 0 Å². The Morgan fingerprint density at radius 2 is 2.04 bits per heavy atom. The molecule has 0 aromatic heterocycles. The monoisotopic (exact) mass is 419 g/mol. The lowest BCUT2D eigenvalue weighted by atomic mass is 9.79. The van der Waals surface area contributed by atoms with Crippen LogP contribution >= 0.6 is 15.9 Å². The second-order valence-electron chi connectivity index (χ2n) is 8.40. The first kappa shape index (κ1) is 19.9. The van der Waals surface area contributed by atoms with Crippen molar-refractivity contribution in [2.45, 2.75) is 82.9 Å². The number of carbonyl (C=O) groups excluding carboxylic acids is 1. The summed E-state index contributed by atoms with van der Waals surface area (Å²) in [6.45, 7) is 5.36. The maximum absolute atomic E-state index is 13.2. The molecule has 26 heavy (non-hydrogen) atoms. The Morgan fingerprint density at radius 3 is 2.73 bits per heavy atom. The summed E-state index contributed by atoms with van der Waals surface area (Å²) in [5.41, 5.74) is 3.92. The fraction of sp³-hybridized carbons (Fsp3) is 0.696. The van der Waals surface area contributed by atoms with Crippen molar-refractivity contribution in [2.24, 2.45) is 11.8 Å². The van der Waals surface area contributed by atoms with Crippen LogP contribution in [0.5, 0.6) is 0 Å². The van der Waals surface area contributed by atoms with Crippen LogP contribution in [0.25, 0.3) is 0 Å². The van der Waals surface area contributed by atoms with Gasteiger partial charge in [0.25, 0.3) is 0 Å². The molecule has 1 heterocycles. The lowest BCUT2D eigenvalue weighted by Crippen LogP contribution is -2.40. The normalized spacial score (nSPS) is 24.2. The van der Waals surface area contributed by atoms with Crippen molar-refractivity contribution >= 4 is 27.5 Å². The summed E-state index contributed by atoms with van der Waals surface area (Å²) in [6, 6.07) is 6.74. The van der Waals surface area contributed by atoms with Crippen LogP contribution in [0.15, 0.2) is 18.2 Å². The molecule has 144 valence electrons. The van der Waals surface area contributed by atoms with E-state index < -0.39 is 0 Å². The van der Waals surface area contributed by atoms with E-state index in [1.54, 1.807) is 0 Å². The molecule has 1 aliphatic carbocycles. The molecule has 1 atom stereocenters. The van der Waals surface area contributed by atoms with Gasteiger partial charge in [0, 0.05) is 23.0 Å². The average molecular weight is 420 g/mol. The van der Waals surface area contributed by atoms with Crippen LogP contribution < -0.4 is 4.90 Å². The van der Waals surface area contributed by atoms with Crippen LogP contribution in [0.3, 0.4) is 0 Å². The number of benzene rings is 1. The number of carbonyl (C=O) groups is 1. The maximum atomic E-state index is 13.2. The first-order valence-corrected chi connectivity index (χ1v) is 11.6. The molecule has 1 unspecified atom stereocenters. The number of nitrogens with zero attached hydrogens (tertiary/aromatic N) is 1. The maximum Gasteiger partial charge on any atom is 0.230 e. The minimum absolute atomic E-state index is 0.251. The standard InChI is InChI=1S/C23H34BrNO/c1-3-4-6-18-8-11-20(12-9-18)23(26)25-14-5-7-21-16-19(15-17(2)24)10-13-22(21)25/h10,13,16-18,20H,3-9,11-12,14-15H2,1-2H3. The first-order valence-electron chi connectivity index (χ1n) is 10.7. The minimum Gasteiger partial charge on any atom is -0.312 e. The van der Waals surface area contributed by atoms with Gasteiger partial charge in [0.2, 0.25) is 5.91 Å². The number of fused-ring (bicyclic) bond motifs is 1. The summed E-state index contributed by atoms with van der Waals surface area (Å²) in [6.07, 6.45) is 11.9. The largest absolute Gasteiger partial charge is 0.312 e. The molecule has 1 amide bonds. The van der Waals surface area contributed by atoms with Gasteiger partial charge >= 0.3 is 0 Å². The summed E-state index contributed by atoms with van der Waals surface area (Å²) in [7, 11) is 0. The molecular weight excluding hydrogens is 386 g/mol. The van der Waals surface area contributed by atoms with Crippen molar-refractivity contribution in [3.8, 4) is 0 Å². The predicted molar refractivity (Wildman–Crippen MR) is 114 cm³/mol. The lowest BCUT2D eigenvalue weighted by molar-refractivity contribution is -0.123. The van der Waals surface area contributed by atoms with Gasteiger partial charge in [0.1, 0.15) is 0 Å². The van der Waals surface area contributed by atoms with Crippen molar-refractivity contribution in [2.75, 3.05) is 11.4 Å². The second-order valence-corrected chi connectivity index (χ2v) is 9.96. The number of rotatable bonds is 6. The topological polar surface area (TPSA) is 20.3 Å². The van der Waals surface area contributed by atoms with E-state index in [1.165, 1.54) is 48.9 Å². The highest BCUT2D eigenvalue weighted by atomic mass is 79.9. The van der Waals surface area contributed by atoms with Gasteiger partial charge in [-0.05, 0) is 68.1 Å². The third kappa shape index (κ3) is 4.91. The van der Waals surface area contributed by atoms with Gasteiger partial charge in [-0.15, -0.1) is 0 Å². The molecular formula is C23H34BrNO. The van der Waals surface area contributed by atoms with E-state index >= 15 is 0 Å². The van der Waals surface area contributed by atoms with E-state index in [0.717, 1.165) is 44.6 Å². The Morgan fingerprint density at radius 1 is 1.27 bits per heavy atom. The van der Waals surface area contributed by atoms with Gasteiger partial charge in [-0.1, -0.05) is 61.2 Å². The predicted octanol–water partition coefficient (Wildman–Crippen LogP) is 6.29. The van der Waals surface area contributed by atoms with Crippen LogP contribution in [0.1, 0.15) is 76.3 Å². The van der Waals surface area contributed by atoms with Crippen molar-refractivity contribution in [1.29, 1.82) is 0 Å². The summed E-state index contributed by atoms with van der Waals surface area (Å²) >= 11 is 3.65. The van der Waals surface area contributed by atoms with Gasteiger partial charge < -0.3 is 4.90 Å². The zero-order valence-electron chi connectivity index (χ0n) is 16.5. The van der Waals surface area contributed by atoms with E-state index in [1.807, 2.05) is 0 Å². The quantitative estimate of drug-likeness (QED) is 0.496. The minimum atomic E-state index is 0.251. The fourth-order valence-electron chi connectivity index (χ4n) is 4.74. The molecule has 0 bridgehead atoms. The highest BCUT2D eigenvalue weighted by molar-refractivity contribution is 9.09. The summed E-state index contributed by atoms with van der Waals surface area (Å²) < 4.78 is 0. The van der Waals surface area contributed by atoms with E-state index in [0.29, 0.717) is 10.7 Å². The fourth-order valence-corrected chi connectivity index (χ4v) is 5.12. The van der Waals surface area contributed by atoms with Crippen molar-refractivity contribution in [3.63, 3.8) is 0 Å². The molecule has 1 aliphatic heterocycles. The Kier molecular flexibility index (Phi) is 7.19. The first-order chi connectivity index (χ1) is 12.6. The van der Waals surface area contributed by atoms with Crippen molar-refractivity contribution < 1.29 is 4.79 Å². The Hall–Kier alpha value is -0.830. The number of hydrogen-bond acceptors (Lipinski definition) is 1. The molecule has 3 heteroatoms. The second kappa shape index (κ2) is 9.39. The summed E-state index contributed by atoms with van der Waals surface area (Å²) in [5.74, 6) is 1.50. The number of hydrogen-bond donors (Lipinski definition) is 0. The van der Waals surface area contributed by atoms with Gasteiger partial charge in [-0.25, -0.2) is 0 Å². The summed E-state index contributed by atoms with van der Waals surface area (Å²) in [4.78, 5) is 15.8. The van der Waals surface area contributed by atoms with E-state index in [-0.39, 0.29) is 5.92 Å². The number of amides is 1. The number of alkyl halides is 1. The zero-order chi connectivity index (χ0) is 18.5. The van der Waals surface area contributed by atoms with E-state index in [4.69, 9.17) is 0 Å². The van der Waals surface area contributed by atoms with Crippen LogP contribution in [0.2, 0.25) is 0 Å². The van der Waals surface area contributed by atoms with Gasteiger partial charge in [-0.3, -0.25) is 4.79 Å². The zero-order valence-corrected chi connectivity index (χ0v) is 18.1. The molecule has 2 aliphatic rings. The molecule has 0 saturated heterocycles. The van der Waals surface area contributed by atoms with Crippen LogP contribution in [0, 0.1) is 11.8 Å². The third-order valence-electron chi connectivity index (χ3n) is 6.21. The van der Waals surface area contributed by atoms with Gasteiger partial charge in [-0.2, -0.15) is 0 Å². The Bertz CT molecular complexity index is 604. The number of aryl methyl sites for hydroxylation is 1. The molecule has 0 N–H and O–H groups in total. The van der Waals surface area contributed by atoms with E-state index in [9.17, 15) is 4.79 Å². The molecule has 3 rings (SSSR count). The smallest absolute Gasteiger partial charge is 0.230 e. The number of unbranched alkanes of at least 4 members (excludes halogenated alkanes) is 1. The Labute approximate surface area is 167 Å². The molecule has 0 spiro atoms. The highest BCUT2D eigenvalue weighted by Crippen LogP contribution is 2.36. The lowest BCUT2D eigenvalue weighted by Gasteiger charge is -2.35. The van der Waals surface area contributed by atoms with Crippen molar-refractivity contribution in [3.05, 3.63) is 29.3 Å². The number of anilines is 1. The molecule has 1 fully saturated rings. The molecule has 1 aromatic carbocycles. The summed E-state index contributed by atoms with van der Waals surface area (Å²) in [5, 5.41) is 0. The Balaban J connectivity index is 1.65. The molecule has 1 saturated carbocycles. The number of halogens is 1. The van der Waals surface area contributed by atoms with Gasteiger partial charge in [0.15, 0.2) is 0 Å². The SMILES string of the molecule is CCCCC1CCC(C(=O)N2CCCc3cc(CC(C)Br)ccc32)CC1. The average Bonchev–Trinajstić information content (AvgIpc) is 2.65. The molecule has 2 nitrogen and oxygen atoms in total. The highest BCUT2D eigenvalue weighted by Gasteiger charge is 2.31. The molecule has 1 aromatic rings. The molecule has 0 radical (unpaired) electrons. The third-order valence-corrected chi connectivity index (χ3v) is 6.53. The van der Waals surface area contributed by atoms with Crippen molar-refractivity contribution in [1.82, 2.24) is 0 Å². The van der Waals surface area contributed by atoms with Crippen LogP contribution in [-0.4, -0.2) is 17.3 Å². The van der Waals surface area contributed by atoms with Crippen LogP contribution in [-0.2, 0) is 17.6 Å². The van der Waals surface area contributed by atoms with E-state index in [2.05, 4.69) is 52.9 Å².